The van der Waals surface area contributed by atoms with E-state index in [2.05, 4.69) is 17.0 Å². The molecular weight excluding hydrogens is 396 g/mol. The molecule has 0 spiro atoms. The smallest absolute Gasteiger partial charge is 0.336 e. The van der Waals surface area contributed by atoms with E-state index in [1.807, 2.05) is 31.2 Å². The minimum Gasteiger partial charge on any atom is -0.497 e. The van der Waals surface area contributed by atoms with Crippen molar-refractivity contribution < 1.29 is 23.9 Å². The van der Waals surface area contributed by atoms with E-state index in [-0.39, 0.29) is 12.2 Å². The van der Waals surface area contributed by atoms with Gasteiger partial charge < -0.3 is 28.8 Å². The second-order valence-corrected chi connectivity index (χ2v) is 8.01. The zero-order chi connectivity index (χ0) is 21.8. The molecule has 164 valence electrons. The Morgan fingerprint density at radius 2 is 1.81 bits per heavy atom. The van der Waals surface area contributed by atoms with E-state index in [4.69, 9.17) is 13.9 Å². The molecule has 7 heteroatoms. The van der Waals surface area contributed by atoms with E-state index in [1.54, 1.807) is 13.2 Å². The molecule has 1 saturated heterocycles. The van der Waals surface area contributed by atoms with Gasteiger partial charge in [-0.25, -0.2) is 4.79 Å². The molecule has 0 amide bonds. The number of anilines is 1. The third-order valence-corrected chi connectivity index (χ3v) is 5.80. The Labute approximate surface area is 181 Å². The first-order chi connectivity index (χ1) is 15.0. The molecule has 1 aromatic heterocycles. The molecular formula is C24H29N2O5+. The number of ether oxygens (including phenoxy) is 2. The Hall–Kier alpha value is -3.03. The van der Waals surface area contributed by atoms with Gasteiger partial charge in [-0.2, -0.15) is 0 Å². The zero-order valence-electron chi connectivity index (χ0n) is 18.0. The standard InChI is InChI=1S/C24H28N2O5/c1-17-13-24(28)31-23-14-21(7-8-22(17)23)30-16-19(27)15-25-9-11-26(12-10-25)18-3-5-20(29-2)6-4-18/h3-8,13-14,19,27H,9-12,15-16H2,1-2H3/p+1/t19-/m1/s1. The van der Waals surface area contributed by atoms with E-state index in [1.165, 1.54) is 16.7 Å². The molecule has 4 rings (SSSR count). The summed E-state index contributed by atoms with van der Waals surface area (Å²) >= 11 is 0. The molecule has 1 atom stereocenters. The minimum atomic E-state index is -0.567. The fraction of sp³-hybridized carbons (Fsp3) is 0.375. The highest BCUT2D eigenvalue weighted by Crippen LogP contribution is 2.22. The number of fused-ring (bicyclic) bond motifs is 1. The summed E-state index contributed by atoms with van der Waals surface area (Å²) in [6.07, 6.45) is -0.567. The molecule has 0 saturated carbocycles. The van der Waals surface area contributed by atoms with Crippen LogP contribution in [0.4, 0.5) is 5.69 Å². The topological polar surface area (TPSA) is 76.6 Å². The lowest BCUT2D eigenvalue weighted by Crippen LogP contribution is -3.16. The Kier molecular flexibility index (Phi) is 6.44. The highest BCUT2D eigenvalue weighted by atomic mass is 16.5. The second-order valence-electron chi connectivity index (χ2n) is 8.01. The number of piperazine rings is 1. The number of rotatable bonds is 7. The van der Waals surface area contributed by atoms with E-state index in [9.17, 15) is 9.90 Å². The molecule has 3 aromatic rings. The quantitative estimate of drug-likeness (QED) is 0.555. The Morgan fingerprint density at radius 3 is 2.52 bits per heavy atom. The van der Waals surface area contributed by atoms with Gasteiger partial charge in [-0.3, -0.25) is 0 Å². The summed E-state index contributed by atoms with van der Waals surface area (Å²) in [5.41, 5.74) is 2.19. The van der Waals surface area contributed by atoms with Crippen molar-refractivity contribution in [2.75, 3.05) is 51.3 Å². The van der Waals surface area contributed by atoms with Gasteiger partial charge in [0.2, 0.25) is 0 Å². The van der Waals surface area contributed by atoms with Crippen molar-refractivity contribution in [3.8, 4) is 11.5 Å². The third kappa shape index (κ3) is 5.18. The number of quaternary nitrogens is 1. The number of aliphatic hydroxyl groups excluding tert-OH is 1. The predicted molar refractivity (Wildman–Crippen MR) is 119 cm³/mol. The summed E-state index contributed by atoms with van der Waals surface area (Å²) in [4.78, 5) is 15.3. The maximum Gasteiger partial charge on any atom is 0.336 e. The van der Waals surface area contributed by atoms with Crippen LogP contribution in [0.5, 0.6) is 11.5 Å². The molecule has 2 aromatic carbocycles. The Morgan fingerprint density at radius 1 is 1.10 bits per heavy atom. The van der Waals surface area contributed by atoms with Crippen molar-refractivity contribution in [3.63, 3.8) is 0 Å². The zero-order valence-corrected chi connectivity index (χ0v) is 18.0. The van der Waals surface area contributed by atoms with Gasteiger partial charge in [-0.05, 0) is 48.9 Å². The van der Waals surface area contributed by atoms with Crippen molar-refractivity contribution in [2.24, 2.45) is 0 Å². The fourth-order valence-corrected chi connectivity index (χ4v) is 4.06. The van der Waals surface area contributed by atoms with E-state index < -0.39 is 6.10 Å². The molecule has 1 aliphatic heterocycles. The summed E-state index contributed by atoms with van der Waals surface area (Å²) < 4.78 is 16.2. The monoisotopic (exact) mass is 425 g/mol. The first kappa shape index (κ1) is 21.2. The predicted octanol–water partition coefficient (Wildman–Crippen LogP) is 1.25. The van der Waals surface area contributed by atoms with Gasteiger partial charge in [0, 0.05) is 23.2 Å². The van der Waals surface area contributed by atoms with Crippen molar-refractivity contribution in [1.29, 1.82) is 0 Å². The van der Waals surface area contributed by atoms with Gasteiger partial charge in [0.1, 0.15) is 36.3 Å². The molecule has 7 nitrogen and oxygen atoms in total. The van der Waals surface area contributed by atoms with Crippen LogP contribution in [0.1, 0.15) is 5.56 Å². The van der Waals surface area contributed by atoms with Crippen LogP contribution in [0.2, 0.25) is 0 Å². The van der Waals surface area contributed by atoms with Crippen LogP contribution >= 0.6 is 0 Å². The van der Waals surface area contributed by atoms with Crippen LogP contribution in [-0.2, 0) is 0 Å². The summed E-state index contributed by atoms with van der Waals surface area (Å²) in [6, 6.07) is 15.0. The Bertz CT molecular complexity index is 1070. The van der Waals surface area contributed by atoms with Crippen molar-refractivity contribution in [2.45, 2.75) is 13.0 Å². The van der Waals surface area contributed by atoms with Crippen molar-refractivity contribution >= 4 is 16.7 Å². The van der Waals surface area contributed by atoms with Crippen LogP contribution in [0.3, 0.4) is 0 Å². The molecule has 1 aliphatic rings. The van der Waals surface area contributed by atoms with Gasteiger partial charge in [0.15, 0.2) is 0 Å². The number of methoxy groups -OCH3 is 1. The number of nitrogens with one attached hydrogen (secondary N) is 1. The summed E-state index contributed by atoms with van der Waals surface area (Å²) in [6.45, 7) is 6.52. The van der Waals surface area contributed by atoms with Gasteiger partial charge >= 0.3 is 5.63 Å². The number of nitrogens with zero attached hydrogens (tertiary/aromatic N) is 1. The average Bonchev–Trinajstić information content (AvgIpc) is 2.78. The number of hydrogen-bond acceptors (Lipinski definition) is 6. The summed E-state index contributed by atoms with van der Waals surface area (Å²) in [5, 5.41) is 11.3. The molecule has 31 heavy (non-hydrogen) atoms. The van der Waals surface area contributed by atoms with Crippen LogP contribution in [0.25, 0.3) is 11.0 Å². The lowest BCUT2D eigenvalue weighted by atomic mass is 10.1. The van der Waals surface area contributed by atoms with Gasteiger partial charge in [-0.1, -0.05) is 0 Å². The van der Waals surface area contributed by atoms with Gasteiger partial charge in [-0.15, -0.1) is 0 Å². The normalized spacial score (nSPS) is 15.8. The SMILES string of the molecule is COc1ccc(N2CC[NH+](C[C@@H](O)COc3ccc4c(C)cc(=O)oc4c3)CC2)cc1. The first-order valence-electron chi connectivity index (χ1n) is 10.6. The molecule has 1 fully saturated rings. The Balaban J connectivity index is 1.26. The van der Waals surface area contributed by atoms with Crippen LogP contribution < -0.4 is 24.9 Å². The van der Waals surface area contributed by atoms with Gasteiger partial charge in [0.05, 0.1) is 33.3 Å². The summed E-state index contributed by atoms with van der Waals surface area (Å²) in [5.74, 6) is 1.44. The maximum absolute atomic E-state index is 11.6. The van der Waals surface area contributed by atoms with Crippen LogP contribution in [0.15, 0.2) is 57.7 Å². The molecule has 0 aliphatic carbocycles. The van der Waals surface area contributed by atoms with Crippen molar-refractivity contribution in [1.82, 2.24) is 0 Å². The highest BCUT2D eigenvalue weighted by Gasteiger charge is 2.23. The number of aliphatic hydroxyl groups is 1. The molecule has 2 N–H and O–H groups in total. The average molecular weight is 426 g/mol. The van der Waals surface area contributed by atoms with E-state index >= 15 is 0 Å². The minimum absolute atomic E-state index is 0.202. The van der Waals surface area contributed by atoms with E-state index in [0.717, 1.165) is 42.9 Å². The molecule has 2 heterocycles. The molecule has 0 bridgehead atoms. The van der Waals surface area contributed by atoms with Gasteiger partial charge in [0.25, 0.3) is 0 Å². The highest BCUT2D eigenvalue weighted by molar-refractivity contribution is 5.81. The lowest BCUT2D eigenvalue weighted by molar-refractivity contribution is -0.903. The maximum atomic E-state index is 11.6. The number of aryl methyl sites for hydroxylation is 1. The third-order valence-electron chi connectivity index (χ3n) is 5.80. The second kappa shape index (κ2) is 9.41. The lowest BCUT2D eigenvalue weighted by Gasteiger charge is -2.34. The summed E-state index contributed by atoms with van der Waals surface area (Å²) in [7, 11) is 1.67. The number of hydrogen-bond donors (Lipinski definition) is 2. The largest absolute Gasteiger partial charge is 0.497 e. The van der Waals surface area contributed by atoms with Crippen LogP contribution in [0, 0.1) is 6.92 Å². The fourth-order valence-electron chi connectivity index (χ4n) is 4.06. The van der Waals surface area contributed by atoms with Crippen molar-refractivity contribution in [3.05, 3.63) is 64.5 Å². The van der Waals surface area contributed by atoms with E-state index in [0.29, 0.717) is 17.9 Å². The number of benzene rings is 2. The first-order valence-corrected chi connectivity index (χ1v) is 10.6. The molecule has 0 radical (unpaired) electrons. The molecule has 0 unspecified atom stereocenters. The van der Waals surface area contributed by atoms with Crippen LogP contribution in [-0.4, -0.2) is 57.7 Å².